The summed E-state index contributed by atoms with van der Waals surface area (Å²) in [4.78, 5) is 0. The maximum Gasteiger partial charge on any atom is 0.138 e. The van der Waals surface area contributed by atoms with Crippen LogP contribution < -0.4 is 4.74 Å². The lowest BCUT2D eigenvalue weighted by Crippen LogP contribution is -2.20. The molecule has 1 atom stereocenters. The lowest BCUT2D eigenvalue weighted by molar-refractivity contribution is 0.237. The molecule has 0 aliphatic carbocycles. The molecule has 1 aromatic heterocycles. The van der Waals surface area contributed by atoms with Gasteiger partial charge < -0.3 is 14.4 Å². The number of fused-ring (bicyclic) bond motifs is 1. The number of ether oxygens (including phenoxy) is 1. The number of nitrogens with zero attached hydrogens (tertiary/aromatic N) is 3. The second kappa shape index (κ2) is 5.63. The van der Waals surface area contributed by atoms with Crippen molar-refractivity contribution in [2.45, 2.75) is 31.7 Å². The lowest BCUT2D eigenvalue weighted by atomic mass is 10.00. The standard InChI is InChI=1S/C15H19N3O2/c1-20-13-6-2-4-11(8-13)9-14-16-17-15-12(10-19)5-3-7-18(14)15/h2,4,6,8,12,19H,3,5,7,9-10H2,1H3. The van der Waals surface area contributed by atoms with Crippen LogP contribution in [0.1, 0.15) is 36.0 Å². The Morgan fingerprint density at radius 3 is 3.10 bits per heavy atom. The fourth-order valence-corrected chi connectivity index (χ4v) is 2.79. The third kappa shape index (κ3) is 2.41. The molecule has 20 heavy (non-hydrogen) atoms. The van der Waals surface area contributed by atoms with E-state index in [1.165, 1.54) is 0 Å². The van der Waals surface area contributed by atoms with E-state index in [1.54, 1.807) is 7.11 Å². The molecule has 5 heteroatoms. The Bertz CT molecular complexity index is 595. The number of benzene rings is 1. The van der Waals surface area contributed by atoms with Gasteiger partial charge in [-0.1, -0.05) is 12.1 Å². The zero-order valence-corrected chi connectivity index (χ0v) is 11.6. The third-order valence-corrected chi connectivity index (χ3v) is 3.87. The van der Waals surface area contributed by atoms with Crippen LogP contribution in [0, 0.1) is 0 Å². The van der Waals surface area contributed by atoms with Gasteiger partial charge in [0.1, 0.15) is 17.4 Å². The first-order valence-electron chi connectivity index (χ1n) is 6.97. The molecule has 0 bridgehead atoms. The van der Waals surface area contributed by atoms with Crippen molar-refractivity contribution in [1.82, 2.24) is 14.8 Å². The molecular weight excluding hydrogens is 254 g/mol. The summed E-state index contributed by atoms with van der Waals surface area (Å²) in [6, 6.07) is 8.01. The Morgan fingerprint density at radius 2 is 2.30 bits per heavy atom. The maximum atomic E-state index is 9.41. The number of aliphatic hydroxyl groups is 1. The predicted octanol–water partition coefficient (Wildman–Crippen LogP) is 1.75. The molecule has 0 fully saturated rings. The average Bonchev–Trinajstić information content (AvgIpc) is 2.90. The molecular formula is C15H19N3O2. The molecule has 2 heterocycles. The predicted molar refractivity (Wildman–Crippen MR) is 74.9 cm³/mol. The maximum absolute atomic E-state index is 9.41. The van der Waals surface area contributed by atoms with Crippen LogP contribution in [0.5, 0.6) is 5.75 Å². The molecule has 5 nitrogen and oxygen atoms in total. The van der Waals surface area contributed by atoms with Crippen LogP contribution >= 0.6 is 0 Å². The molecule has 1 N–H and O–H groups in total. The molecule has 106 valence electrons. The number of hydrogen-bond donors (Lipinski definition) is 1. The quantitative estimate of drug-likeness (QED) is 0.922. The van der Waals surface area contributed by atoms with Crippen molar-refractivity contribution in [3.63, 3.8) is 0 Å². The second-order valence-electron chi connectivity index (χ2n) is 5.18. The average molecular weight is 273 g/mol. The van der Waals surface area contributed by atoms with Crippen LogP contribution in [0.2, 0.25) is 0 Å². The Kier molecular flexibility index (Phi) is 3.69. The smallest absolute Gasteiger partial charge is 0.138 e. The van der Waals surface area contributed by atoms with E-state index in [-0.39, 0.29) is 12.5 Å². The Balaban J connectivity index is 1.86. The highest BCUT2D eigenvalue weighted by Crippen LogP contribution is 2.26. The molecule has 1 aliphatic heterocycles. The van der Waals surface area contributed by atoms with Crippen LogP contribution in [0.25, 0.3) is 0 Å². The summed E-state index contributed by atoms with van der Waals surface area (Å²) < 4.78 is 7.40. The van der Waals surface area contributed by atoms with Crippen molar-refractivity contribution in [2.24, 2.45) is 0 Å². The molecule has 3 rings (SSSR count). The van der Waals surface area contributed by atoms with Crippen LogP contribution in [0.4, 0.5) is 0 Å². The topological polar surface area (TPSA) is 60.2 Å². The van der Waals surface area contributed by atoms with E-state index in [1.807, 2.05) is 18.2 Å². The number of aromatic nitrogens is 3. The van der Waals surface area contributed by atoms with E-state index in [2.05, 4.69) is 20.8 Å². The molecule has 0 amide bonds. The van der Waals surface area contributed by atoms with Crippen LogP contribution in [0.3, 0.4) is 0 Å². The van der Waals surface area contributed by atoms with Crippen molar-refractivity contribution in [1.29, 1.82) is 0 Å². The SMILES string of the molecule is COc1cccc(Cc2nnc3n2CCCC3CO)c1. The minimum atomic E-state index is 0.135. The van der Waals surface area contributed by atoms with Gasteiger partial charge in [-0.25, -0.2) is 0 Å². The van der Waals surface area contributed by atoms with E-state index in [9.17, 15) is 5.11 Å². The summed E-state index contributed by atoms with van der Waals surface area (Å²) in [7, 11) is 1.67. The first kappa shape index (κ1) is 13.1. The van der Waals surface area contributed by atoms with Crippen molar-refractivity contribution in [3.05, 3.63) is 41.5 Å². The van der Waals surface area contributed by atoms with Gasteiger partial charge in [0.15, 0.2) is 0 Å². The first-order chi connectivity index (χ1) is 9.81. The molecule has 0 radical (unpaired) electrons. The van der Waals surface area contributed by atoms with E-state index in [0.717, 1.165) is 48.8 Å². The minimum absolute atomic E-state index is 0.135. The Hall–Kier alpha value is -1.88. The molecule has 1 aliphatic rings. The van der Waals surface area contributed by atoms with E-state index < -0.39 is 0 Å². The zero-order chi connectivity index (χ0) is 13.9. The molecule has 0 spiro atoms. The third-order valence-electron chi connectivity index (χ3n) is 3.87. The molecule has 0 saturated carbocycles. The van der Waals surface area contributed by atoms with Gasteiger partial charge in [0.25, 0.3) is 0 Å². The van der Waals surface area contributed by atoms with Crippen LogP contribution in [0.15, 0.2) is 24.3 Å². The largest absolute Gasteiger partial charge is 0.497 e. The van der Waals surface area contributed by atoms with Gasteiger partial charge in [0.2, 0.25) is 0 Å². The van der Waals surface area contributed by atoms with Crippen LogP contribution in [-0.4, -0.2) is 33.6 Å². The van der Waals surface area contributed by atoms with Crippen molar-refractivity contribution < 1.29 is 9.84 Å². The highest BCUT2D eigenvalue weighted by atomic mass is 16.5. The lowest BCUT2D eigenvalue weighted by Gasteiger charge is -2.21. The Labute approximate surface area is 118 Å². The normalized spacial score (nSPS) is 17.8. The number of hydrogen-bond acceptors (Lipinski definition) is 4. The zero-order valence-electron chi connectivity index (χ0n) is 11.6. The van der Waals surface area contributed by atoms with Crippen molar-refractivity contribution in [3.8, 4) is 5.75 Å². The minimum Gasteiger partial charge on any atom is -0.497 e. The number of aliphatic hydroxyl groups excluding tert-OH is 1. The van der Waals surface area contributed by atoms with Gasteiger partial charge in [-0.05, 0) is 30.5 Å². The number of methoxy groups -OCH3 is 1. The molecule has 1 unspecified atom stereocenters. The Morgan fingerprint density at radius 1 is 1.40 bits per heavy atom. The first-order valence-corrected chi connectivity index (χ1v) is 6.97. The van der Waals surface area contributed by atoms with E-state index >= 15 is 0 Å². The summed E-state index contributed by atoms with van der Waals surface area (Å²) in [6.07, 6.45) is 2.80. The van der Waals surface area contributed by atoms with Gasteiger partial charge in [-0.15, -0.1) is 10.2 Å². The van der Waals surface area contributed by atoms with Gasteiger partial charge in [-0.3, -0.25) is 0 Å². The van der Waals surface area contributed by atoms with Crippen LogP contribution in [-0.2, 0) is 13.0 Å². The monoisotopic (exact) mass is 273 g/mol. The van der Waals surface area contributed by atoms with E-state index in [0.29, 0.717) is 0 Å². The summed E-state index contributed by atoms with van der Waals surface area (Å²) in [6.45, 7) is 1.09. The van der Waals surface area contributed by atoms with Gasteiger partial charge in [-0.2, -0.15) is 0 Å². The van der Waals surface area contributed by atoms with Crippen molar-refractivity contribution in [2.75, 3.05) is 13.7 Å². The van der Waals surface area contributed by atoms with Gasteiger partial charge in [0, 0.05) is 18.9 Å². The fraction of sp³-hybridized carbons (Fsp3) is 0.467. The summed E-state index contributed by atoms with van der Waals surface area (Å²) in [5.41, 5.74) is 1.16. The van der Waals surface area contributed by atoms with E-state index in [4.69, 9.17) is 4.74 Å². The summed E-state index contributed by atoms with van der Waals surface area (Å²) in [5, 5.41) is 18.0. The molecule has 1 aromatic carbocycles. The highest BCUT2D eigenvalue weighted by molar-refractivity contribution is 5.30. The number of rotatable bonds is 4. The second-order valence-corrected chi connectivity index (χ2v) is 5.18. The molecule has 0 saturated heterocycles. The van der Waals surface area contributed by atoms with Crippen molar-refractivity contribution >= 4 is 0 Å². The summed E-state index contributed by atoms with van der Waals surface area (Å²) in [5.74, 6) is 2.88. The molecule has 2 aromatic rings. The fourth-order valence-electron chi connectivity index (χ4n) is 2.79. The highest BCUT2D eigenvalue weighted by Gasteiger charge is 2.24. The van der Waals surface area contributed by atoms with Gasteiger partial charge in [0.05, 0.1) is 13.7 Å². The van der Waals surface area contributed by atoms with Gasteiger partial charge >= 0.3 is 0 Å². The summed E-state index contributed by atoms with van der Waals surface area (Å²) >= 11 is 0.